The second-order valence-corrected chi connectivity index (χ2v) is 7.65. The molecule has 1 fully saturated rings. The first-order valence-corrected chi connectivity index (χ1v) is 9.65. The largest absolute Gasteiger partial charge is 0.350 e. The van der Waals surface area contributed by atoms with Gasteiger partial charge >= 0.3 is 6.03 Å². The van der Waals surface area contributed by atoms with Gasteiger partial charge < -0.3 is 10.6 Å². The molecule has 0 unspecified atom stereocenters. The number of fused-ring (bicyclic) bond motifs is 1. The number of nitrogens with zero attached hydrogens (tertiary/aromatic N) is 1. The summed E-state index contributed by atoms with van der Waals surface area (Å²) in [6.07, 6.45) is 3.08. The van der Waals surface area contributed by atoms with Crippen molar-refractivity contribution in [2.45, 2.75) is 38.3 Å². The van der Waals surface area contributed by atoms with Crippen molar-refractivity contribution in [2.24, 2.45) is 0 Å². The van der Waals surface area contributed by atoms with Gasteiger partial charge in [0.15, 0.2) is 0 Å². The summed E-state index contributed by atoms with van der Waals surface area (Å²) in [5.74, 6) is -1.43. The molecule has 0 spiro atoms. The highest BCUT2D eigenvalue weighted by molar-refractivity contribution is 6.09. The van der Waals surface area contributed by atoms with E-state index in [0.29, 0.717) is 11.1 Å². The second kappa shape index (κ2) is 7.31. The number of hydrogen-bond donors (Lipinski definition) is 2. The maximum atomic E-state index is 13.7. The van der Waals surface area contributed by atoms with E-state index in [0.717, 1.165) is 24.2 Å². The average Bonchev–Trinajstić information content (AvgIpc) is 3.26. The van der Waals surface area contributed by atoms with Crippen LogP contribution in [0.25, 0.3) is 0 Å². The molecule has 4 amide bonds. The van der Waals surface area contributed by atoms with Gasteiger partial charge in [-0.25, -0.2) is 9.18 Å². The first-order chi connectivity index (χ1) is 13.9. The van der Waals surface area contributed by atoms with E-state index in [1.165, 1.54) is 17.2 Å². The summed E-state index contributed by atoms with van der Waals surface area (Å²) < 4.78 is 13.7. The number of aryl methyl sites for hydroxylation is 2. The predicted octanol–water partition coefficient (Wildman–Crippen LogP) is 2.40. The van der Waals surface area contributed by atoms with E-state index in [2.05, 4.69) is 10.6 Å². The molecule has 0 radical (unpaired) electrons. The normalized spacial score (nSPS) is 20.6. The van der Waals surface area contributed by atoms with Crippen molar-refractivity contribution in [1.82, 2.24) is 15.5 Å². The summed E-state index contributed by atoms with van der Waals surface area (Å²) >= 11 is 0. The van der Waals surface area contributed by atoms with Gasteiger partial charge in [0.05, 0.1) is 0 Å². The molecule has 2 aromatic carbocycles. The lowest BCUT2D eigenvalue weighted by Crippen LogP contribution is -2.43. The smallest absolute Gasteiger partial charge is 0.325 e. The third-order valence-electron chi connectivity index (χ3n) is 5.69. The Labute approximate surface area is 168 Å². The van der Waals surface area contributed by atoms with Crippen molar-refractivity contribution in [3.63, 3.8) is 0 Å². The molecule has 1 aliphatic carbocycles. The van der Waals surface area contributed by atoms with Gasteiger partial charge in [0.1, 0.15) is 17.9 Å². The van der Waals surface area contributed by atoms with Crippen molar-refractivity contribution < 1.29 is 18.8 Å². The van der Waals surface area contributed by atoms with Gasteiger partial charge in [-0.15, -0.1) is 0 Å². The van der Waals surface area contributed by atoms with Crippen LogP contribution in [-0.4, -0.2) is 29.3 Å². The second-order valence-electron chi connectivity index (χ2n) is 7.65. The molecule has 2 N–H and O–H groups in total. The number of imide groups is 1. The minimum absolute atomic E-state index is 0.0166. The van der Waals surface area contributed by atoms with Gasteiger partial charge in [0, 0.05) is 12.1 Å². The maximum Gasteiger partial charge on any atom is 0.325 e. The molecule has 0 bridgehead atoms. The van der Waals surface area contributed by atoms with Crippen LogP contribution in [0.1, 0.15) is 35.6 Å². The van der Waals surface area contributed by atoms with E-state index in [9.17, 15) is 18.8 Å². The van der Waals surface area contributed by atoms with Gasteiger partial charge in [-0.05, 0) is 48.9 Å². The summed E-state index contributed by atoms with van der Waals surface area (Å²) in [5.41, 5.74) is 2.32. The van der Waals surface area contributed by atoms with Crippen molar-refractivity contribution in [2.75, 3.05) is 6.54 Å². The fourth-order valence-corrected chi connectivity index (χ4v) is 3.95. The Morgan fingerprint density at radius 3 is 2.72 bits per heavy atom. The number of carbonyl (C=O) groups is 3. The van der Waals surface area contributed by atoms with Crippen LogP contribution < -0.4 is 10.6 Å². The molecule has 1 atom stereocenters. The lowest BCUT2D eigenvalue weighted by Gasteiger charge is -2.23. The molecule has 7 heteroatoms. The number of rotatable bonds is 5. The van der Waals surface area contributed by atoms with Gasteiger partial charge in [0.25, 0.3) is 5.91 Å². The number of hydrogen-bond acceptors (Lipinski definition) is 3. The lowest BCUT2D eigenvalue weighted by atomic mass is 9.89. The molecule has 4 rings (SSSR count). The van der Waals surface area contributed by atoms with Crippen LogP contribution >= 0.6 is 0 Å². The van der Waals surface area contributed by atoms with Crippen molar-refractivity contribution in [3.05, 3.63) is 70.5 Å². The lowest BCUT2D eigenvalue weighted by molar-refractivity contribution is -0.134. The summed E-state index contributed by atoms with van der Waals surface area (Å²) in [6.45, 7) is 1.22. The molecule has 1 aliphatic heterocycles. The van der Waals surface area contributed by atoms with Crippen LogP contribution in [0.3, 0.4) is 0 Å². The fraction of sp³-hybridized carbons (Fsp3) is 0.318. The topological polar surface area (TPSA) is 78.5 Å². The Balaban J connectivity index is 1.45. The van der Waals surface area contributed by atoms with Crippen LogP contribution in [-0.2, 0) is 34.5 Å². The first-order valence-electron chi connectivity index (χ1n) is 9.65. The van der Waals surface area contributed by atoms with Crippen molar-refractivity contribution in [3.8, 4) is 0 Å². The van der Waals surface area contributed by atoms with E-state index < -0.39 is 35.7 Å². The monoisotopic (exact) mass is 395 g/mol. The van der Waals surface area contributed by atoms with Crippen LogP contribution in [0, 0.1) is 5.82 Å². The van der Waals surface area contributed by atoms with Crippen LogP contribution in [0.5, 0.6) is 0 Å². The number of halogens is 1. The standard InChI is InChI=1S/C22H22FN3O3/c1-22(17-10-9-14-6-4-7-15(14)11-17)20(28)26(21(29)25-22)13-19(27)24-12-16-5-2-3-8-18(16)23/h2-3,5,8-11H,4,6-7,12-13H2,1H3,(H,24,27)(H,25,29)/t22-/m0/s1. The molecular weight excluding hydrogens is 373 g/mol. The summed E-state index contributed by atoms with van der Waals surface area (Å²) in [7, 11) is 0. The van der Waals surface area contributed by atoms with Gasteiger partial charge in [0.2, 0.25) is 5.91 Å². The van der Waals surface area contributed by atoms with Crippen molar-refractivity contribution in [1.29, 1.82) is 0 Å². The van der Waals surface area contributed by atoms with Crippen LogP contribution in [0.4, 0.5) is 9.18 Å². The highest BCUT2D eigenvalue weighted by Crippen LogP contribution is 2.32. The van der Waals surface area contributed by atoms with E-state index in [1.807, 2.05) is 18.2 Å². The van der Waals surface area contributed by atoms with Crippen LogP contribution in [0.2, 0.25) is 0 Å². The molecular formula is C22H22FN3O3. The predicted molar refractivity (Wildman–Crippen MR) is 104 cm³/mol. The zero-order valence-electron chi connectivity index (χ0n) is 16.1. The zero-order chi connectivity index (χ0) is 20.6. The molecule has 1 heterocycles. The van der Waals surface area contributed by atoms with E-state index in [1.54, 1.807) is 25.1 Å². The van der Waals surface area contributed by atoms with E-state index in [4.69, 9.17) is 0 Å². The molecule has 6 nitrogen and oxygen atoms in total. The Morgan fingerprint density at radius 2 is 1.93 bits per heavy atom. The minimum Gasteiger partial charge on any atom is -0.350 e. The van der Waals surface area contributed by atoms with Gasteiger partial charge in [-0.2, -0.15) is 0 Å². The third kappa shape index (κ3) is 3.48. The summed E-state index contributed by atoms with van der Waals surface area (Å²) in [6, 6.07) is 11.3. The average molecular weight is 395 g/mol. The van der Waals surface area contributed by atoms with Crippen LogP contribution in [0.15, 0.2) is 42.5 Å². The quantitative estimate of drug-likeness (QED) is 0.763. The number of carbonyl (C=O) groups excluding carboxylic acids is 3. The molecule has 150 valence electrons. The molecule has 1 saturated heterocycles. The molecule has 29 heavy (non-hydrogen) atoms. The van der Waals surface area contributed by atoms with Gasteiger partial charge in [-0.3, -0.25) is 14.5 Å². The Bertz CT molecular complexity index is 1010. The third-order valence-corrected chi connectivity index (χ3v) is 5.69. The van der Waals surface area contributed by atoms with E-state index in [-0.39, 0.29) is 6.54 Å². The number of nitrogens with one attached hydrogen (secondary N) is 2. The Kier molecular flexibility index (Phi) is 4.82. The molecule has 0 saturated carbocycles. The maximum absolute atomic E-state index is 13.7. The number of amides is 4. The zero-order valence-corrected chi connectivity index (χ0v) is 16.1. The highest BCUT2D eigenvalue weighted by Gasteiger charge is 2.49. The van der Waals surface area contributed by atoms with Gasteiger partial charge in [-0.1, -0.05) is 36.4 Å². The number of benzene rings is 2. The SMILES string of the molecule is C[C@@]1(c2ccc3c(c2)CCC3)NC(=O)N(CC(=O)NCc2ccccc2F)C1=O. The highest BCUT2D eigenvalue weighted by atomic mass is 19.1. The molecule has 2 aromatic rings. The summed E-state index contributed by atoms with van der Waals surface area (Å²) in [5, 5.41) is 5.28. The Hall–Kier alpha value is -3.22. The first kappa shape index (κ1) is 19.1. The van der Waals surface area contributed by atoms with E-state index >= 15 is 0 Å². The molecule has 2 aliphatic rings. The summed E-state index contributed by atoms with van der Waals surface area (Å²) in [4.78, 5) is 38.6. The Morgan fingerprint density at radius 1 is 1.17 bits per heavy atom. The fourth-order valence-electron chi connectivity index (χ4n) is 3.95. The van der Waals surface area contributed by atoms with Crippen molar-refractivity contribution >= 4 is 17.8 Å². The molecule has 0 aromatic heterocycles. The minimum atomic E-state index is -1.21. The number of urea groups is 1.